The lowest BCUT2D eigenvalue weighted by Gasteiger charge is -2.05. The molecule has 0 amide bonds. The van der Waals surface area contributed by atoms with Gasteiger partial charge in [0.15, 0.2) is 0 Å². The number of pyridine rings is 1. The zero-order valence-corrected chi connectivity index (χ0v) is 15.8. The Morgan fingerprint density at radius 1 is 1.11 bits per heavy atom. The molecule has 0 aromatic carbocycles. The Morgan fingerprint density at radius 3 is 2.52 bits per heavy atom. The number of nitrogens with one attached hydrogen (secondary N) is 1. The van der Waals surface area contributed by atoms with Crippen LogP contribution in [-0.2, 0) is 17.6 Å². The molecule has 0 bridgehead atoms. The molecular formula is C20H23N5O2. The maximum absolute atomic E-state index is 12.3. The molecule has 0 fully saturated rings. The summed E-state index contributed by atoms with van der Waals surface area (Å²) in [5.41, 5.74) is 4.30. The van der Waals surface area contributed by atoms with Crippen LogP contribution in [0.1, 0.15) is 41.1 Å². The molecule has 3 heterocycles. The van der Waals surface area contributed by atoms with Gasteiger partial charge in [-0.3, -0.25) is 19.6 Å². The van der Waals surface area contributed by atoms with E-state index in [0.717, 1.165) is 28.9 Å². The number of H-pyrrole nitrogens is 1. The van der Waals surface area contributed by atoms with Crippen LogP contribution in [0.15, 0.2) is 35.4 Å². The van der Waals surface area contributed by atoms with E-state index in [0.29, 0.717) is 30.9 Å². The van der Waals surface area contributed by atoms with Crippen molar-refractivity contribution < 1.29 is 4.79 Å². The molecule has 3 aromatic rings. The van der Waals surface area contributed by atoms with E-state index in [-0.39, 0.29) is 11.3 Å². The second kappa shape index (κ2) is 8.07. The molecule has 27 heavy (non-hydrogen) atoms. The van der Waals surface area contributed by atoms with E-state index >= 15 is 0 Å². The van der Waals surface area contributed by atoms with Crippen molar-refractivity contribution >= 4 is 5.78 Å². The summed E-state index contributed by atoms with van der Waals surface area (Å²) < 4.78 is 1.64. The van der Waals surface area contributed by atoms with Crippen LogP contribution in [0, 0.1) is 20.8 Å². The summed E-state index contributed by atoms with van der Waals surface area (Å²) in [6, 6.07) is 5.31. The number of ketones is 1. The van der Waals surface area contributed by atoms with E-state index in [1.807, 2.05) is 26.0 Å². The Balaban J connectivity index is 1.68. The maximum atomic E-state index is 12.3. The van der Waals surface area contributed by atoms with Crippen molar-refractivity contribution in [1.82, 2.24) is 24.7 Å². The molecule has 3 aromatic heterocycles. The highest BCUT2D eigenvalue weighted by molar-refractivity contribution is 5.78. The SMILES string of the molecule is Cc1cc(=O)[nH]c(-n2nc(C)c(CCC(=O)CCc3ccncc3)c2C)n1. The highest BCUT2D eigenvalue weighted by Crippen LogP contribution is 2.18. The van der Waals surface area contributed by atoms with Gasteiger partial charge in [0, 0.05) is 42.7 Å². The quantitative estimate of drug-likeness (QED) is 0.694. The first kappa shape index (κ1) is 18.7. The first-order chi connectivity index (χ1) is 12.9. The van der Waals surface area contributed by atoms with Gasteiger partial charge in [-0.25, -0.2) is 9.67 Å². The van der Waals surface area contributed by atoms with Crippen LogP contribution in [-0.4, -0.2) is 30.5 Å². The summed E-state index contributed by atoms with van der Waals surface area (Å²) in [4.78, 5) is 35.0. The molecule has 0 atom stereocenters. The maximum Gasteiger partial charge on any atom is 0.252 e. The third-order valence-electron chi connectivity index (χ3n) is 4.59. The number of aromatic nitrogens is 5. The highest BCUT2D eigenvalue weighted by Gasteiger charge is 2.15. The third kappa shape index (κ3) is 4.55. The Bertz CT molecular complexity index is 1000. The molecular weight excluding hydrogens is 342 g/mol. The lowest BCUT2D eigenvalue weighted by molar-refractivity contribution is -0.119. The molecule has 0 saturated heterocycles. The van der Waals surface area contributed by atoms with Crippen LogP contribution < -0.4 is 5.56 Å². The highest BCUT2D eigenvalue weighted by atomic mass is 16.1. The van der Waals surface area contributed by atoms with Gasteiger partial charge in [0.25, 0.3) is 5.56 Å². The van der Waals surface area contributed by atoms with Gasteiger partial charge in [-0.1, -0.05) is 0 Å². The second-order valence-electron chi connectivity index (χ2n) is 6.67. The van der Waals surface area contributed by atoms with Gasteiger partial charge in [0.2, 0.25) is 5.95 Å². The molecule has 0 saturated carbocycles. The van der Waals surface area contributed by atoms with E-state index in [9.17, 15) is 9.59 Å². The number of nitrogens with zero attached hydrogens (tertiary/aromatic N) is 4. The third-order valence-corrected chi connectivity index (χ3v) is 4.59. The first-order valence-corrected chi connectivity index (χ1v) is 8.98. The van der Waals surface area contributed by atoms with E-state index in [1.165, 1.54) is 6.07 Å². The number of hydrogen-bond donors (Lipinski definition) is 1. The van der Waals surface area contributed by atoms with Gasteiger partial charge in [0.05, 0.1) is 5.69 Å². The topological polar surface area (TPSA) is 93.5 Å². The van der Waals surface area contributed by atoms with E-state index in [4.69, 9.17) is 0 Å². The fraction of sp³-hybridized carbons (Fsp3) is 0.350. The summed E-state index contributed by atoms with van der Waals surface area (Å²) in [6.07, 6.45) is 5.82. The van der Waals surface area contributed by atoms with Gasteiger partial charge < -0.3 is 0 Å². The number of Topliss-reactive ketones (excluding diaryl/α,β-unsaturated/α-hetero) is 1. The predicted molar refractivity (Wildman–Crippen MR) is 102 cm³/mol. The fourth-order valence-electron chi connectivity index (χ4n) is 3.13. The van der Waals surface area contributed by atoms with Crippen LogP contribution >= 0.6 is 0 Å². The summed E-state index contributed by atoms with van der Waals surface area (Å²) in [7, 11) is 0. The Morgan fingerprint density at radius 2 is 1.81 bits per heavy atom. The smallest absolute Gasteiger partial charge is 0.252 e. The molecule has 7 heteroatoms. The molecule has 3 rings (SSSR count). The molecule has 0 aliphatic carbocycles. The minimum absolute atomic E-state index is 0.210. The predicted octanol–water partition coefficient (Wildman–Crippen LogP) is 2.41. The van der Waals surface area contributed by atoms with Gasteiger partial charge in [-0.15, -0.1) is 0 Å². The number of aromatic amines is 1. The minimum Gasteiger partial charge on any atom is -0.300 e. The lowest BCUT2D eigenvalue weighted by atomic mass is 10.0. The number of aryl methyl sites for hydroxylation is 3. The zero-order valence-electron chi connectivity index (χ0n) is 15.8. The van der Waals surface area contributed by atoms with Crippen molar-refractivity contribution in [1.29, 1.82) is 0 Å². The fourth-order valence-corrected chi connectivity index (χ4v) is 3.13. The van der Waals surface area contributed by atoms with E-state index in [1.54, 1.807) is 24.0 Å². The second-order valence-corrected chi connectivity index (χ2v) is 6.67. The van der Waals surface area contributed by atoms with Gasteiger partial charge >= 0.3 is 0 Å². The van der Waals surface area contributed by atoms with Crippen molar-refractivity contribution in [2.45, 2.75) is 46.5 Å². The standard InChI is InChI=1S/C20H23N5O2/c1-13-12-19(27)23-20(22-13)25-15(3)18(14(2)24-25)7-6-17(26)5-4-16-8-10-21-11-9-16/h8-12H,4-7H2,1-3H3,(H,22,23,27). The van der Waals surface area contributed by atoms with Crippen LogP contribution in [0.3, 0.4) is 0 Å². The average molecular weight is 365 g/mol. The van der Waals surface area contributed by atoms with E-state index < -0.39 is 0 Å². The number of hydrogen-bond acceptors (Lipinski definition) is 5. The van der Waals surface area contributed by atoms with Gasteiger partial charge in [0.1, 0.15) is 5.78 Å². The number of rotatable bonds is 7. The van der Waals surface area contributed by atoms with Gasteiger partial charge in [-0.05, 0) is 56.9 Å². The summed E-state index contributed by atoms with van der Waals surface area (Å²) in [5, 5.41) is 4.50. The zero-order chi connectivity index (χ0) is 19.4. The van der Waals surface area contributed by atoms with Crippen molar-refractivity contribution in [3.63, 3.8) is 0 Å². The van der Waals surface area contributed by atoms with E-state index in [2.05, 4.69) is 20.1 Å². The van der Waals surface area contributed by atoms with Crippen LogP contribution in [0.2, 0.25) is 0 Å². The molecule has 0 spiro atoms. The summed E-state index contributed by atoms with van der Waals surface area (Å²) >= 11 is 0. The Hall–Kier alpha value is -3.09. The lowest BCUT2D eigenvalue weighted by Crippen LogP contribution is -2.15. The largest absolute Gasteiger partial charge is 0.300 e. The monoisotopic (exact) mass is 365 g/mol. The van der Waals surface area contributed by atoms with Crippen LogP contribution in [0.25, 0.3) is 5.95 Å². The van der Waals surface area contributed by atoms with Crippen molar-refractivity contribution in [2.24, 2.45) is 0 Å². The number of carbonyl (C=O) groups is 1. The average Bonchev–Trinajstić information content (AvgIpc) is 2.92. The first-order valence-electron chi connectivity index (χ1n) is 8.98. The van der Waals surface area contributed by atoms with Crippen molar-refractivity contribution in [2.75, 3.05) is 0 Å². The molecule has 0 unspecified atom stereocenters. The normalized spacial score (nSPS) is 10.9. The molecule has 0 aliphatic heterocycles. The molecule has 1 N–H and O–H groups in total. The molecule has 7 nitrogen and oxygen atoms in total. The Labute approximate surface area is 157 Å². The van der Waals surface area contributed by atoms with Crippen LogP contribution in [0.5, 0.6) is 0 Å². The molecule has 140 valence electrons. The van der Waals surface area contributed by atoms with Crippen LogP contribution in [0.4, 0.5) is 0 Å². The minimum atomic E-state index is -0.210. The van der Waals surface area contributed by atoms with Crippen molar-refractivity contribution in [3.8, 4) is 5.95 Å². The van der Waals surface area contributed by atoms with Crippen molar-refractivity contribution in [3.05, 3.63) is 69.2 Å². The van der Waals surface area contributed by atoms with Gasteiger partial charge in [-0.2, -0.15) is 5.10 Å². The Kier molecular flexibility index (Phi) is 5.59. The summed E-state index contributed by atoms with van der Waals surface area (Å²) in [6.45, 7) is 5.61. The number of carbonyl (C=O) groups excluding carboxylic acids is 1. The molecule has 0 radical (unpaired) electrons. The molecule has 0 aliphatic rings. The summed E-state index contributed by atoms with van der Waals surface area (Å²) in [5.74, 6) is 0.622.